The van der Waals surface area contributed by atoms with Crippen molar-refractivity contribution in [1.29, 1.82) is 0 Å². The fourth-order valence-electron chi connectivity index (χ4n) is 3.70. The fraction of sp³-hybridized carbons (Fsp3) is 0.259. The Morgan fingerprint density at radius 2 is 1.74 bits per heavy atom. The number of para-hydroxylation sites is 1. The quantitative estimate of drug-likeness (QED) is 0.256. The topological polar surface area (TPSA) is 55.8 Å². The summed E-state index contributed by atoms with van der Waals surface area (Å²) >= 11 is 7.56. The molecule has 1 fully saturated rings. The van der Waals surface area contributed by atoms with Crippen LogP contribution in [0.3, 0.4) is 0 Å². The molecule has 0 saturated carbocycles. The summed E-state index contributed by atoms with van der Waals surface area (Å²) in [5, 5.41) is 0.191. The van der Waals surface area contributed by atoms with Gasteiger partial charge in [0.05, 0.1) is 6.61 Å². The van der Waals surface area contributed by atoms with Crippen LogP contribution in [0.5, 0.6) is 11.5 Å². The Balaban J connectivity index is 1.62. The molecule has 0 radical (unpaired) electrons. The van der Waals surface area contributed by atoms with Crippen molar-refractivity contribution in [3.63, 3.8) is 0 Å². The van der Waals surface area contributed by atoms with E-state index < -0.39 is 6.04 Å². The second kappa shape index (κ2) is 11.4. The van der Waals surface area contributed by atoms with Crippen LogP contribution in [0.1, 0.15) is 41.1 Å². The van der Waals surface area contributed by atoms with E-state index in [2.05, 4.69) is 0 Å². The average Bonchev–Trinajstić information content (AvgIpc) is 3.30. The van der Waals surface area contributed by atoms with E-state index in [1.807, 2.05) is 61.5 Å². The highest BCUT2D eigenvalue weighted by Crippen LogP contribution is 2.43. The van der Waals surface area contributed by atoms with E-state index in [9.17, 15) is 9.59 Å². The highest BCUT2D eigenvalue weighted by molar-refractivity contribution is 7.99. The zero-order valence-electron chi connectivity index (χ0n) is 18.9. The molecule has 1 saturated heterocycles. The van der Waals surface area contributed by atoms with E-state index in [1.54, 1.807) is 40.9 Å². The van der Waals surface area contributed by atoms with E-state index in [0.717, 1.165) is 24.2 Å². The Hall–Kier alpha value is -2.96. The third kappa shape index (κ3) is 5.75. The van der Waals surface area contributed by atoms with E-state index >= 15 is 0 Å². The molecule has 1 amide bonds. The number of carbonyl (C=O) groups is 2. The van der Waals surface area contributed by atoms with Gasteiger partial charge >= 0.3 is 5.97 Å². The molecule has 0 aliphatic carbocycles. The molecule has 7 heteroatoms. The summed E-state index contributed by atoms with van der Waals surface area (Å²) < 4.78 is 11.5. The molecule has 0 aromatic heterocycles. The second-order valence-electron chi connectivity index (χ2n) is 7.93. The van der Waals surface area contributed by atoms with E-state index in [1.165, 1.54) is 0 Å². The molecule has 176 valence electrons. The second-order valence-corrected chi connectivity index (χ2v) is 9.48. The predicted molar refractivity (Wildman–Crippen MR) is 135 cm³/mol. The first-order valence-electron chi connectivity index (χ1n) is 11.3. The average molecular weight is 496 g/mol. The van der Waals surface area contributed by atoms with Gasteiger partial charge in [-0.1, -0.05) is 55.3 Å². The van der Waals surface area contributed by atoms with Crippen molar-refractivity contribution in [2.24, 2.45) is 0 Å². The van der Waals surface area contributed by atoms with Crippen LogP contribution in [-0.4, -0.2) is 35.2 Å². The summed E-state index contributed by atoms with van der Waals surface area (Å²) in [6, 6.07) is 23.2. The lowest BCUT2D eigenvalue weighted by Crippen LogP contribution is -2.44. The van der Waals surface area contributed by atoms with Crippen LogP contribution >= 0.6 is 23.4 Å². The first-order valence-corrected chi connectivity index (χ1v) is 12.7. The number of amides is 1. The molecule has 3 aromatic rings. The number of benzene rings is 3. The maximum atomic E-state index is 13.6. The van der Waals surface area contributed by atoms with Crippen molar-refractivity contribution in [3.8, 4) is 11.5 Å². The lowest BCUT2D eigenvalue weighted by atomic mass is 10.1. The molecule has 1 heterocycles. The summed E-state index contributed by atoms with van der Waals surface area (Å²) in [5.74, 6) is 1.24. The number of hydrogen-bond donors (Lipinski definition) is 0. The van der Waals surface area contributed by atoms with E-state index in [0.29, 0.717) is 28.7 Å². The van der Waals surface area contributed by atoms with Gasteiger partial charge in [0, 0.05) is 16.3 Å². The lowest BCUT2D eigenvalue weighted by molar-refractivity contribution is -0.148. The van der Waals surface area contributed by atoms with Gasteiger partial charge in [-0.15, -0.1) is 11.8 Å². The zero-order chi connectivity index (χ0) is 23.9. The number of esters is 1. The van der Waals surface area contributed by atoms with Gasteiger partial charge in [0.1, 0.15) is 22.9 Å². The van der Waals surface area contributed by atoms with Crippen molar-refractivity contribution >= 4 is 35.2 Å². The molecule has 0 bridgehead atoms. The molecular formula is C27H26ClNO4S. The third-order valence-electron chi connectivity index (χ3n) is 5.46. The van der Waals surface area contributed by atoms with E-state index in [-0.39, 0.29) is 17.3 Å². The monoisotopic (exact) mass is 495 g/mol. The molecular weight excluding hydrogens is 470 g/mol. The molecule has 1 aliphatic heterocycles. The maximum Gasteiger partial charge on any atom is 0.329 e. The van der Waals surface area contributed by atoms with Crippen molar-refractivity contribution in [2.45, 2.75) is 31.2 Å². The predicted octanol–water partition coefficient (Wildman–Crippen LogP) is 6.73. The van der Waals surface area contributed by atoms with Crippen LogP contribution in [0.4, 0.5) is 0 Å². The maximum absolute atomic E-state index is 13.6. The Kier molecular flexibility index (Phi) is 8.14. The van der Waals surface area contributed by atoms with Gasteiger partial charge in [-0.25, -0.2) is 4.79 Å². The molecule has 5 nitrogen and oxygen atoms in total. The molecule has 34 heavy (non-hydrogen) atoms. The number of nitrogens with zero attached hydrogens (tertiary/aromatic N) is 1. The van der Waals surface area contributed by atoms with Gasteiger partial charge in [-0.3, -0.25) is 4.79 Å². The minimum absolute atomic E-state index is 0.238. The molecule has 0 spiro atoms. The van der Waals surface area contributed by atoms with Crippen LogP contribution in [0.15, 0.2) is 78.9 Å². The minimum atomic E-state index is -0.672. The number of unbranched alkanes of at least 4 members (excludes halogenated alkanes) is 1. The first-order chi connectivity index (χ1) is 16.6. The van der Waals surface area contributed by atoms with Gasteiger partial charge in [-0.2, -0.15) is 0 Å². The SMILES string of the molecule is CCCCOC(=O)C1CSC(c2cccc(Oc3ccccc3)c2)N1C(=O)c1ccc(Cl)cc1. The summed E-state index contributed by atoms with van der Waals surface area (Å²) in [6.45, 7) is 2.39. The van der Waals surface area contributed by atoms with Crippen LogP contribution in [0, 0.1) is 0 Å². The number of thioether (sulfide) groups is 1. The highest BCUT2D eigenvalue weighted by atomic mass is 35.5. The minimum Gasteiger partial charge on any atom is -0.464 e. The molecule has 1 aliphatic rings. The number of rotatable bonds is 8. The Bertz CT molecular complexity index is 1120. The number of hydrogen-bond acceptors (Lipinski definition) is 5. The van der Waals surface area contributed by atoms with Crippen molar-refractivity contribution in [2.75, 3.05) is 12.4 Å². The number of halogens is 1. The molecule has 0 N–H and O–H groups in total. The van der Waals surface area contributed by atoms with Gasteiger partial charge < -0.3 is 14.4 Å². The number of carbonyl (C=O) groups excluding carboxylic acids is 2. The van der Waals surface area contributed by atoms with Crippen LogP contribution in [-0.2, 0) is 9.53 Å². The molecule has 2 unspecified atom stereocenters. The van der Waals surface area contributed by atoms with Gasteiger partial charge in [0.25, 0.3) is 5.91 Å². The number of ether oxygens (including phenoxy) is 2. The van der Waals surface area contributed by atoms with E-state index in [4.69, 9.17) is 21.1 Å². The van der Waals surface area contributed by atoms with Crippen LogP contribution in [0.2, 0.25) is 5.02 Å². The van der Waals surface area contributed by atoms with Crippen molar-refractivity contribution < 1.29 is 19.1 Å². The molecule has 4 rings (SSSR count). The zero-order valence-corrected chi connectivity index (χ0v) is 20.4. The van der Waals surface area contributed by atoms with Gasteiger partial charge in [0.15, 0.2) is 0 Å². The first kappa shape index (κ1) is 24.2. The summed E-state index contributed by atoms with van der Waals surface area (Å²) in [5.41, 5.74) is 1.35. The van der Waals surface area contributed by atoms with Crippen LogP contribution in [0.25, 0.3) is 0 Å². The molecule has 2 atom stereocenters. The lowest BCUT2D eigenvalue weighted by Gasteiger charge is -2.29. The summed E-state index contributed by atoms with van der Waals surface area (Å²) in [6.07, 6.45) is 1.72. The van der Waals surface area contributed by atoms with Gasteiger partial charge in [0.2, 0.25) is 0 Å². The normalized spacial score (nSPS) is 17.4. The summed E-state index contributed by atoms with van der Waals surface area (Å²) in [4.78, 5) is 28.2. The fourth-order valence-corrected chi connectivity index (χ4v) is 5.23. The standard InChI is InChI=1S/C27H26ClNO4S/c1-2-3-16-32-27(31)24-18-34-26(29(24)25(30)19-12-14-21(28)15-13-19)20-8-7-11-23(17-20)33-22-9-5-4-6-10-22/h4-15,17,24,26H,2-3,16,18H2,1H3. The largest absolute Gasteiger partial charge is 0.464 e. The Labute approximate surface area is 209 Å². The Morgan fingerprint density at radius 1 is 1.00 bits per heavy atom. The smallest absolute Gasteiger partial charge is 0.329 e. The molecule has 3 aromatic carbocycles. The Morgan fingerprint density at radius 3 is 2.47 bits per heavy atom. The van der Waals surface area contributed by atoms with Gasteiger partial charge in [-0.05, 0) is 60.5 Å². The summed E-state index contributed by atoms with van der Waals surface area (Å²) in [7, 11) is 0. The third-order valence-corrected chi connectivity index (χ3v) is 7.04. The van der Waals surface area contributed by atoms with Crippen molar-refractivity contribution in [3.05, 3.63) is 95.0 Å². The highest BCUT2D eigenvalue weighted by Gasteiger charge is 2.43. The van der Waals surface area contributed by atoms with Crippen molar-refractivity contribution in [1.82, 2.24) is 4.90 Å². The van der Waals surface area contributed by atoms with Crippen LogP contribution < -0.4 is 4.74 Å².